The molecule has 0 unspecified atom stereocenters. The maximum atomic E-state index is 13.9. The summed E-state index contributed by atoms with van der Waals surface area (Å²) >= 11 is 0. The maximum absolute atomic E-state index is 13.9. The molecule has 14 heteroatoms. The van der Waals surface area contributed by atoms with Gasteiger partial charge in [0.2, 0.25) is 0 Å². The second kappa shape index (κ2) is 7.33. The minimum Gasteiger partial charge on any atom is -0.355 e. The maximum Gasteiger partial charge on any atom is 0.417 e. The molecule has 2 aromatic rings. The number of alkyl halides is 5. The van der Waals surface area contributed by atoms with Crippen molar-refractivity contribution in [1.82, 2.24) is 9.97 Å². The summed E-state index contributed by atoms with van der Waals surface area (Å²) in [6.07, 6.45) is -2.93. The third-order valence-corrected chi connectivity index (χ3v) is 6.37. The summed E-state index contributed by atoms with van der Waals surface area (Å²) in [4.78, 5) is 21.5. The molecule has 2 aliphatic heterocycles. The van der Waals surface area contributed by atoms with Gasteiger partial charge >= 0.3 is 6.18 Å². The van der Waals surface area contributed by atoms with Gasteiger partial charge in [-0.2, -0.15) is 13.2 Å². The number of amides is 1. The second-order valence-electron chi connectivity index (χ2n) is 7.68. The minimum absolute atomic E-state index is 0.0922. The van der Waals surface area contributed by atoms with Crippen LogP contribution >= 0.6 is 0 Å². The van der Waals surface area contributed by atoms with E-state index in [-0.39, 0.29) is 24.6 Å². The number of piperidine rings is 2. The fraction of sp³-hybridized carbons (Fsp3) is 0.389. The molecule has 3 N–H and O–H groups in total. The summed E-state index contributed by atoms with van der Waals surface area (Å²) in [7, 11) is -4.19. The van der Waals surface area contributed by atoms with Crippen molar-refractivity contribution in [2.75, 3.05) is 23.3 Å². The van der Waals surface area contributed by atoms with Gasteiger partial charge in [-0.3, -0.25) is 4.79 Å². The molecule has 1 amide bonds. The fourth-order valence-corrected chi connectivity index (χ4v) is 4.37. The molecule has 2 aromatic heterocycles. The summed E-state index contributed by atoms with van der Waals surface area (Å²) < 4.78 is 90.3. The lowest BCUT2D eigenvalue weighted by Crippen LogP contribution is -2.63. The lowest BCUT2D eigenvalue weighted by molar-refractivity contribution is -0.194. The van der Waals surface area contributed by atoms with Crippen LogP contribution in [0, 0.1) is 11.8 Å². The Morgan fingerprint density at radius 2 is 1.84 bits per heavy atom. The number of hydrogen-bond acceptors (Lipinski definition) is 6. The molecular formula is C18H16F5N5O3S. The Labute approximate surface area is 178 Å². The molecule has 172 valence electrons. The molecule has 0 aromatic carbocycles. The van der Waals surface area contributed by atoms with E-state index < -0.39 is 56.0 Å². The van der Waals surface area contributed by atoms with Gasteiger partial charge in [-0.05, 0) is 18.6 Å². The lowest BCUT2D eigenvalue weighted by Gasteiger charge is -2.53. The van der Waals surface area contributed by atoms with Crippen LogP contribution < -0.4 is 15.4 Å². The van der Waals surface area contributed by atoms with Crippen molar-refractivity contribution < 1.29 is 35.2 Å². The van der Waals surface area contributed by atoms with Crippen LogP contribution in [0.1, 0.15) is 22.3 Å². The summed E-state index contributed by atoms with van der Waals surface area (Å²) in [5.41, 5.74) is -1.78. The number of aromatic nitrogens is 2. The highest BCUT2D eigenvalue weighted by Gasteiger charge is 2.61. The average molecular weight is 477 g/mol. The van der Waals surface area contributed by atoms with Crippen LogP contribution in [-0.4, -0.2) is 43.3 Å². The van der Waals surface area contributed by atoms with Crippen molar-refractivity contribution in [1.29, 1.82) is 0 Å². The summed E-state index contributed by atoms with van der Waals surface area (Å²) in [6, 6.07) is 2.73. The van der Waals surface area contributed by atoms with E-state index in [0.29, 0.717) is 18.7 Å². The van der Waals surface area contributed by atoms with Crippen LogP contribution in [0.2, 0.25) is 0 Å². The molecule has 1 saturated carbocycles. The summed E-state index contributed by atoms with van der Waals surface area (Å²) in [5.74, 6) is -6.00. The van der Waals surface area contributed by atoms with Gasteiger partial charge in [0.15, 0.2) is 5.03 Å². The van der Waals surface area contributed by atoms with Crippen LogP contribution in [0.5, 0.6) is 0 Å². The molecule has 0 radical (unpaired) electrons. The largest absolute Gasteiger partial charge is 0.417 e. The Kier molecular flexibility index (Phi) is 5.12. The number of carbonyl (C=O) groups excluding carboxylic acids is 1. The van der Waals surface area contributed by atoms with E-state index in [9.17, 15) is 35.2 Å². The highest BCUT2D eigenvalue weighted by Crippen LogP contribution is 2.53. The van der Waals surface area contributed by atoms with Gasteiger partial charge in [-0.1, -0.05) is 0 Å². The van der Waals surface area contributed by atoms with Crippen molar-refractivity contribution in [2.45, 2.75) is 23.5 Å². The minimum atomic E-state index is -4.80. The molecule has 1 aliphatic carbocycles. The first-order valence-corrected chi connectivity index (χ1v) is 10.8. The zero-order valence-corrected chi connectivity index (χ0v) is 16.9. The number of anilines is 2. The Hall–Kier alpha value is -2.87. The van der Waals surface area contributed by atoms with E-state index in [1.165, 1.54) is 11.0 Å². The number of carbonyl (C=O) groups is 1. The molecule has 32 heavy (non-hydrogen) atoms. The zero-order chi connectivity index (χ0) is 23.5. The number of fused-ring (bicyclic) bond motifs is 2. The lowest BCUT2D eigenvalue weighted by atomic mass is 9.67. The van der Waals surface area contributed by atoms with Gasteiger partial charge in [-0.15, -0.1) is 0 Å². The highest BCUT2D eigenvalue weighted by atomic mass is 32.2. The van der Waals surface area contributed by atoms with Gasteiger partial charge in [0.25, 0.3) is 21.9 Å². The number of nitrogens with one attached hydrogen (secondary N) is 1. The number of hydrogen-bond donors (Lipinski definition) is 2. The van der Waals surface area contributed by atoms with Crippen molar-refractivity contribution in [2.24, 2.45) is 17.0 Å². The van der Waals surface area contributed by atoms with Crippen LogP contribution in [0.25, 0.3) is 0 Å². The molecule has 3 aliphatic rings. The highest BCUT2D eigenvalue weighted by molar-refractivity contribution is 7.89. The SMILES string of the molecule is NS(=O)(=O)c1cc(NC(=O)c2cc(C(F)(F)F)cnc2N2C[C@H]3C[C@@H](C2)C3(F)F)ccn1. The zero-order valence-electron chi connectivity index (χ0n) is 16.1. The van der Waals surface area contributed by atoms with E-state index in [1.807, 2.05) is 0 Å². The fourth-order valence-electron chi connectivity index (χ4n) is 3.88. The van der Waals surface area contributed by atoms with Gasteiger partial charge in [0.05, 0.1) is 11.1 Å². The first kappa shape index (κ1) is 22.3. The predicted octanol–water partition coefficient (Wildman–Crippen LogP) is 2.49. The van der Waals surface area contributed by atoms with Crippen LogP contribution in [0.3, 0.4) is 0 Å². The number of nitrogens with two attached hydrogens (primary N) is 1. The van der Waals surface area contributed by atoms with E-state index in [4.69, 9.17) is 5.14 Å². The van der Waals surface area contributed by atoms with Gasteiger partial charge in [0.1, 0.15) is 5.82 Å². The molecule has 4 heterocycles. The standard InChI is InChI=1S/C18H16F5N5O3S/c19-17(20)10-3-11(17)8-28(7-10)15-13(4-9(6-26-15)18(21,22)23)16(29)27-12-1-2-25-14(5-12)32(24,30)31/h1-2,4-6,10-11H,3,7-8H2,(H2,24,30,31)(H,25,27,29)/t10-,11+. The number of sulfonamides is 1. The number of rotatable bonds is 4. The second-order valence-corrected chi connectivity index (χ2v) is 9.19. The average Bonchev–Trinajstić information content (AvgIpc) is 2.72. The van der Waals surface area contributed by atoms with Crippen molar-refractivity contribution >= 4 is 27.4 Å². The van der Waals surface area contributed by atoms with Crippen molar-refractivity contribution in [3.63, 3.8) is 0 Å². The van der Waals surface area contributed by atoms with Crippen LogP contribution in [-0.2, 0) is 16.2 Å². The third-order valence-electron chi connectivity index (χ3n) is 5.56. The predicted molar refractivity (Wildman–Crippen MR) is 102 cm³/mol. The Morgan fingerprint density at radius 1 is 1.19 bits per heavy atom. The van der Waals surface area contributed by atoms with Crippen LogP contribution in [0.4, 0.5) is 33.5 Å². The van der Waals surface area contributed by atoms with Crippen LogP contribution in [0.15, 0.2) is 35.6 Å². The van der Waals surface area contributed by atoms with E-state index in [2.05, 4.69) is 15.3 Å². The molecular weight excluding hydrogens is 461 g/mol. The summed E-state index contributed by atoms with van der Waals surface area (Å²) in [6.45, 7) is -0.320. The first-order valence-electron chi connectivity index (χ1n) is 9.27. The molecule has 8 nitrogen and oxygen atoms in total. The van der Waals surface area contributed by atoms with Gasteiger partial charge in [0, 0.05) is 49.1 Å². The first-order chi connectivity index (χ1) is 14.8. The number of nitrogens with zero attached hydrogens (tertiary/aromatic N) is 3. The molecule has 2 bridgehead atoms. The van der Waals surface area contributed by atoms with E-state index >= 15 is 0 Å². The Bertz CT molecular complexity index is 1170. The Morgan fingerprint density at radius 3 is 2.41 bits per heavy atom. The topological polar surface area (TPSA) is 118 Å². The van der Waals surface area contributed by atoms with E-state index in [1.54, 1.807) is 0 Å². The van der Waals surface area contributed by atoms with E-state index in [0.717, 1.165) is 12.3 Å². The number of primary sulfonamides is 1. The third kappa shape index (κ3) is 3.99. The number of halogens is 5. The van der Waals surface area contributed by atoms with Gasteiger partial charge in [-0.25, -0.2) is 32.3 Å². The molecule has 3 fully saturated rings. The number of pyridine rings is 2. The Balaban J connectivity index is 1.68. The summed E-state index contributed by atoms with van der Waals surface area (Å²) in [5, 5.41) is 6.72. The monoisotopic (exact) mass is 477 g/mol. The molecule has 5 rings (SSSR count). The molecule has 0 spiro atoms. The normalized spacial score (nSPS) is 22.2. The van der Waals surface area contributed by atoms with Crippen molar-refractivity contribution in [3.8, 4) is 0 Å². The van der Waals surface area contributed by atoms with Crippen molar-refractivity contribution in [3.05, 3.63) is 41.7 Å². The molecule has 2 atom stereocenters. The smallest absolute Gasteiger partial charge is 0.355 e. The van der Waals surface area contributed by atoms with Gasteiger partial charge < -0.3 is 10.2 Å². The molecule has 2 saturated heterocycles. The quantitative estimate of drug-likeness (QED) is 0.654.